The van der Waals surface area contributed by atoms with Crippen LogP contribution in [0.3, 0.4) is 0 Å². The molecule has 4 heteroatoms. The first kappa shape index (κ1) is 10.2. The van der Waals surface area contributed by atoms with Gasteiger partial charge in [0.2, 0.25) is 0 Å². The van der Waals surface area contributed by atoms with Crippen molar-refractivity contribution in [1.29, 1.82) is 0 Å². The highest BCUT2D eigenvalue weighted by atomic mass is 35.5. The third-order valence-corrected chi connectivity index (χ3v) is 1.81. The van der Waals surface area contributed by atoms with E-state index in [4.69, 9.17) is 26.8 Å². The lowest BCUT2D eigenvalue weighted by molar-refractivity contribution is 0.0224. The largest absolute Gasteiger partial charge is 0.468 e. The molecule has 0 spiro atoms. The molecule has 13 heavy (non-hydrogen) atoms. The van der Waals surface area contributed by atoms with Crippen LogP contribution in [-0.4, -0.2) is 13.4 Å². The van der Waals surface area contributed by atoms with Crippen molar-refractivity contribution in [3.8, 4) is 5.75 Å². The molecular weight excluding hydrogens is 190 g/mol. The van der Waals surface area contributed by atoms with Crippen molar-refractivity contribution in [3.05, 3.63) is 23.2 Å². The lowest BCUT2D eigenvalue weighted by Crippen LogP contribution is -2.02. The van der Waals surface area contributed by atoms with E-state index >= 15 is 0 Å². The molecule has 0 aliphatic carbocycles. The predicted molar refractivity (Wildman–Crippen MR) is 53.0 cm³/mol. The first-order valence-electron chi connectivity index (χ1n) is 3.99. The molecule has 0 heterocycles. The summed E-state index contributed by atoms with van der Waals surface area (Å²) >= 11 is 5.78. The smallest absolute Gasteiger partial charge is 0.189 e. The summed E-state index contributed by atoms with van der Waals surface area (Å²) in [4.78, 5) is 0. The summed E-state index contributed by atoms with van der Waals surface area (Å²) in [6.07, 6.45) is 0. The Morgan fingerprint density at radius 3 is 2.85 bits per heavy atom. The van der Waals surface area contributed by atoms with Gasteiger partial charge in [0.1, 0.15) is 5.75 Å². The summed E-state index contributed by atoms with van der Waals surface area (Å²) in [5.74, 6) is 0.660. The normalized spacial score (nSPS) is 10.0. The zero-order valence-electron chi connectivity index (χ0n) is 7.42. The molecule has 0 aliphatic rings. The van der Waals surface area contributed by atoms with Crippen molar-refractivity contribution in [2.45, 2.75) is 6.92 Å². The Morgan fingerprint density at radius 2 is 2.23 bits per heavy atom. The van der Waals surface area contributed by atoms with Crippen LogP contribution in [0.2, 0.25) is 5.02 Å². The van der Waals surface area contributed by atoms with Crippen molar-refractivity contribution < 1.29 is 9.47 Å². The molecule has 0 aliphatic heterocycles. The average Bonchev–Trinajstić information content (AvgIpc) is 2.12. The fourth-order valence-electron chi connectivity index (χ4n) is 0.791. The lowest BCUT2D eigenvalue weighted by Gasteiger charge is -2.06. The monoisotopic (exact) mass is 201 g/mol. The zero-order chi connectivity index (χ0) is 9.68. The highest BCUT2D eigenvalue weighted by Gasteiger charge is 1.98. The van der Waals surface area contributed by atoms with E-state index in [-0.39, 0.29) is 6.79 Å². The second kappa shape index (κ2) is 4.94. The maximum atomic E-state index is 5.78. The highest BCUT2D eigenvalue weighted by Crippen LogP contribution is 2.23. The van der Waals surface area contributed by atoms with E-state index < -0.39 is 0 Å². The van der Waals surface area contributed by atoms with Crippen LogP contribution in [0.25, 0.3) is 0 Å². The molecule has 0 bridgehead atoms. The van der Waals surface area contributed by atoms with Gasteiger partial charge in [0, 0.05) is 12.7 Å². The number of anilines is 1. The molecule has 0 saturated heterocycles. The summed E-state index contributed by atoms with van der Waals surface area (Å²) in [5, 5.41) is 0.494. The SMILES string of the molecule is CCOCOc1ccc(N)c(Cl)c1. The Kier molecular flexibility index (Phi) is 3.86. The molecule has 0 unspecified atom stereocenters. The first-order chi connectivity index (χ1) is 6.24. The fourth-order valence-corrected chi connectivity index (χ4v) is 0.961. The van der Waals surface area contributed by atoms with E-state index in [9.17, 15) is 0 Å². The summed E-state index contributed by atoms with van der Waals surface area (Å²) < 4.78 is 10.2. The maximum Gasteiger partial charge on any atom is 0.189 e. The molecule has 2 N–H and O–H groups in total. The van der Waals surface area contributed by atoms with E-state index in [1.807, 2.05) is 6.92 Å². The minimum absolute atomic E-state index is 0.233. The number of benzene rings is 1. The van der Waals surface area contributed by atoms with Crippen molar-refractivity contribution >= 4 is 17.3 Å². The van der Waals surface area contributed by atoms with E-state index in [0.717, 1.165) is 0 Å². The van der Waals surface area contributed by atoms with E-state index in [0.29, 0.717) is 23.1 Å². The number of hydrogen-bond acceptors (Lipinski definition) is 3. The molecule has 1 aromatic rings. The van der Waals surface area contributed by atoms with Crippen LogP contribution in [-0.2, 0) is 4.74 Å². The van der Waals surface area contributed by atoms with Gasteiger partial charge in [0.25, 0.3) is 0 Å². The van der Waals surface area contributed by atoms with Crippen molar-refractivity contribution in [1.82, 2.24) is 0 Å². The van der Waals surface area contributed by atoms with E-state index in [1.54, 1.807) is 18.2 Å². The van der Waals surface area contributed by atoms with Gasteiger partial charge in [-0.15, -0.1) is 0 Å². The maximum absolute atomic E-state index is 5.78. The van der Waals surface area contributed by atoms with Gasteiger partial charge in [-0.05, 0) is 19.1 Å². The van der Waals surface area contributed by atoms with Gasteiger partial charge >= 0.3 is 0 Å². The molecule has 0 amide bonds. The highest BCUT2D eigenvalue weighted by molar-refractivity contribution is 6.33. The van der Waals surface area contributed by atoms with Crippen LogP contribution in [0.4, 0.5) is 5.69 Å². The number of nitrogens with two attached hydrogens (primary N) is 1. The Hall–Kier alpha value is -0.930. The van der Waals surface area contributed by atoms with Crippen molar-refractivity contribution in [2.75, 3.05) is 19.1 Å². The minimum atomic E-state index is 0.233. The van der Waals surface area contributed by atoms with Crippen molar-refractivity contribution in [3.63, 3.8) is 0 Å². The Labute approximate surface area is 82.4 Å². The van der Waals surface area contributed by atoms with Crippen LogP contribution in [0.1, 0.15) is 6.92 Å². The van der Waals surface area contributed by atoms with Crippen LogP contribution in [0, 0.1) is 0 Å². The molecule has 72 valence electrons. The van der Waals surface area contributed by atoms with Gasteiger partial charge in [-0.25, -0.2) is 0 Å². The van der Waals surface area contributed by atoms with Crippen LogP contribution in [0.5, 0.6) is 5.75 Å². The molecular formula is C9H12ClNO2. The quantitative estimate of drug-likeness (QED) is 0.462. The van der Waals surface area contributed by atoms with Crippen molar-refractivity contribution in [2.24, 2.45) is 0 Å². The number of halogens is 1. The lowest BCUT2D eigenvalue weighted by atomic mass is 10.3. The third-order valence-electron chi connectivity index (χ3n) is 1.48. The molecule has 0 aromatic heterocycles. The molecule has 0 saturated carbocycles. The summed E-state index contributed by atoms with van der Waals surface area (Å²) in [5.41, 5.74) is 6.07. The van der Waals surface area contributed by atoms with Crippen LogP contribution < -0.4 is 10.5 Å². The van der Waals surface area contributed by atoms with E-state index in [1.165, 1.54) is 0 Å². The molecule has 3 nitrogen and oxygen atoms in total. The van der Waals surface area contributed by atoms with Gasteiger partial charge < -0.3 is 15.2 Å². The van der Waals surface area contributed by atoms with Gasteiger partial charge in [0.05, 0.1) is 10.7 Å². The van der Waals surface area contributed by atoms with Gasteiger partial charge in [-0.3, -0.25) is 0 Å². The molecule has 0 fully saturated rings. The fraction of sp³-hybridized carbons (Fsp3) is 0.333. The van der Waals surface area contributed by atoms with Crippen LogP contribution in [0.15, 0.2) is 18.2 Å². The van der Waals surface area contributed by atoms with Crippen LogP contribution >= 0.6 is 11.6 Å². The summed E-state index contributed by atoms with van der Waals surface area (Å²) in [6.45, 7) is 2.76. The molecule has 0 atom stereocenters. The summed E-state index contributed by atoms with van der Waals surface area (Å²) in [7, 11) is 0. The second-order valence-electron chi connectivity index (χ2n) is 2.44. The molecule has 0 radical (unpaired) electrons. The summed E-state index contributed by atoms with van der Waals surface area (Å²) in [6, 6.07) is 5.11. The number of ether oxygens (including phenoxy) is 2. The standard InChI is InChI=1S/C9H12ClNO2/c1-2-12-6-13-7-3-4-9(11)8(10)5-7/h3-5H,2,6,11H2,1H3. The number of rotatable bonds is 4. The van der Waals surface area contributed by atoms with Gasteiger partial charge in [0.15, 0.2) is 6.79 Å². The Bertz CT molecular complexity index is 278. The molecule has 1 rings (SSSR count). The topological polar surface area (TPSA) is 44.5 Å². The second-order valence-corrected chi connectivity index (χ2v) is 2.85. The third kappa shape index (κ3) is 3.13. The first-order valence-corrected chi connectivity index (χ1v) is 4.37. The predicted octanol–water partition coefficient (Wildman–Crippen LogP) is 2.29. The zero-order valence-corrected chi connectivity index (χ0v) is 8.17. The van der Waals surface area contributed by atoms with Gasteiger partial charge in [-0.1, -0.05) is 11.6 Å². The van der Waals surface area contributed by atoms with E-state index in [2.05, 4.69) is 0 Å². The van der Waals surface area contributed by atoms with Gasteiger partial charge in [-0.2, -0.15) is 0 Å². The minimum Gasteiger partial charge on any atom is -0.468 e. The number of hydrogen-bond donors (Lipinski definition) is 1. The Morgan fingerprint density at radius 1 is 1.46 bits per heavy atom. The average molecular weight is 202 g/mol. The Balaban J connectivity index is 2.53. The molecule has 1 aromatic carbocycles. The number of nitrogen functional groups attached to an aromatic ring is 1.